The molecule has 0 saturated carbocycles. The SMILES string of the molecule is CC(C)C(=O)N1CCC[C@@]12CCN(C(=O)c1cscn1)C2. The average molecular weight is 307 g/mol. The first-order valence-electron chi connectivity index (χ1n) is 7.52. The van der Waals surface area contributed by atoms with E-state index in [1.807, 2.05) is 23.6 Å². The van der Waals surface area contributed by atoms with Gasteiger partial charge < -0.3 is 9.80 Å². The molecule has 0 aliphatic carbocycles. The highest BCUT2D eigenvalue weighted by Crippen LogP contribution is 2.38. The van der Waals surface area contributed by atoms with Crippen molar-refractivity contribution in [1.29, 1.82) is 0 Å². The predicted octanol–water partition coefficient (Wildman–Crippen LogP) is 2.01. The summed E-state index contributed by atoms with van der Waals surface area (Å²) < 4.78 is 0. The Bertz CT molecular complexity index is 543. The Balaban J connectivity index is 1.76. The van der Waals surface area contributed by atoms with E-state index in [0.717, 1.165) is 32.4 Å². The van der Waals surface area contributed by atoms with E-state index >= 15 is 0 Å². The van der Waals surface area contributed by atoms with Crippen molar-refractivity contribution in [3.63, 3.8) is 0 Å². The molecular formula is C15H21N3O2S. The topological polar surface area (TPSA) is 53.5 Å². The highest BCUT2D eigenvalue weighted by Gasteiger charge is 2.49. The fourth-order valence-corrected chi connectivity index (χ4v) is 4.05. The third-order valence-electron chi connectivity index (χ3n) is 4.63. The Hall–Kier alpha value is -1.43. The summed E-state index contributed by atoms with van der Waals surface area (Å²) in [5.74, 6) is 0.232. The van der Waals surface area contributed by atoms with Crippen LogP contribution in [0.25, 0.3) is 0 Å². The lowest BCUT2D eigenvalue weighted by Crippen LogP contribution is -2.51. The van der Waals surface area contributed by atoms with Crippen LogP contribution in [0.3, 0.4) is 0 Å². The highest BCUT2D eigenvalue weighted by molar-refractivity contribution is 7.07. The lowest BCUT2D eigenvalue weighted by Gasteiger charge is -2.36. The number of carbonyl (C=O) groups excluding carboxylic acids is 2. The molecule has 3 rings (SSSR count). The standard InChI is InChI=1S/C15H21N3O2S/c1-11(2)13(19)18-6-3-4-15(18)5-7-17(9-15)14(20)12-8-21-10-16-12/h8,10-11H,3-7,9H2,1-2H3/t15-/m0/s1. The maximum absolute atomic E-state index is 12.4. The Labute approximate surface area is 129 Å². The van der Waals surface area contributed by atoms with Crippen molar-refractivity contribution >= 4 is 23.2 Å². The Morgan fingerprint density at radius 1 is 1.33 bits per heavy atom. The Kier molecular flexibility index (Phi) is 3.73. The van der Waals surface area contributed by atoms with Gasteiger partial charge in [0.25, 0.3) is 5.91 Å². The molecule has 0 aromatic carbocycles. The molecule has 3 heterocycles. The maximum atomic E-state index is 12.4. The van der Waals surface area contributed by atoms with Gasteiger partial charge in [-0.1, -0.05) is 13.8 Å². The first kappa shape index (κ1) is 14.5. The summed E-state index contributed by atoms with van der Waals surface area (Å²) in [6, 6.07) is 0. The molecule has 21 heavy (non-hydrogen) atoms. The summed E-state index contributed by atoms with van der Waals surface area (Å²) in [5, 5.41) is 1.79. The Morgan fingerprint density at radius 2 is 2.14 bits per heavy atom. The number of hydrogen-bond acceptors (Lipinski definition) is 4. The summed E-state index contributed by atoms with van der Waals surface area (Å²) in [5.41, 5.74) is 2.08. The first-order chi connectivity index (χ1) is 10.0. The van der Waals surface area contributed by atoms with Gasteiger partial charge in [0.1, 0.15) is 5.69 Å². The van der Waals surface area contributed by atoms with E-state index in [-0.39, 0.29) is 23.3 Å². The van der Waals surface area contributed by atoms with Crippen LogP contribution in [0.4, 0.5) is 0 Å². The summed E-state index contributed by atoms with van der Waals surface area (Å²) in [6.45, 7) is 6.10. The molecule has 1 atom stereocenters. The van der Waals surface area contributed by atoms with Gasteiger partial charge in [-0.15, -0.1) is 11.3 Å². The van der Waals surface area contributed by atoms with Crippen molar-refractivity contribution in [2.75, 3.05) is 19.6 Å². The minimum atomic E-state index is -0.132. The number of hydrogen-bond donors (Lipinski definition) is 0. The van der Waals surface area contributed by atoms with Gasteiger partial charge in [0.2, 0.25) is 5.91 Å². The number of likely N-dealkylation sites (tertiary alicyclic amines) is 2. The normalized spacial score (nSPS) is 25.3. The monoisotopic (exact) mass is 307 g/mol. The molecule has 2 aliphatic rings. The van der Waals surface area contributed by atoms with Gasteiger partial charge in [-0.3, -0.25) is 9.59 Å². The molecule has 0 N–H and O–H groups in total. The molecule has 0 radical (unpaired) electrons. The molecule has 6 heteroatoms. The molecule has 0 bridgehead atoms. The van der Waals surface area contributed by atoms with E-state index in [4.69, 9.17) is 0 Å². The maximum Gasteiger partial charge on any atom is 0.273 e. The van der Waals surface area contributed by atoms with Crippen molar-refractivity contribution in [1.82, 2.24) is 14.8 Å². The number of thiazole rings is 1. The van der Waals surface area contributed by atoms with E-state index in [2.05, 4.69) is 4.98 Å². The van der Waals surface area contributed by atoms with E-state index < -0.39 is 0 Å². The minimum absolute atomic E-state index is 0.00280. The zero-order valence-corrected chi connectivity index (χ0v) is 13.4. The van der Waals surface area contributed by atoms with Gasteiger partial charge in [0.15, 0.2) is 0 Å². The number of aromatic nitrogens is 1. The van der Waals surface area contributed by atoms with Gasteiger partial charge in [-0.05, 0) is 19.3 Å². The van der Waals surface area contributed by atoms with Crippen molar-refractivity contribution in [3.05, 3.63) is 16.6 Å². The second-order valence-electron chi connectivity index (χ2n) is 6.32. The summed E-state index contributed by atoms with van der Waals surface area (Å²) in [7, 11) is 0. The summed E-state index contributed by atoms with van der Waals surface area (Å²) in [6.07, 6.45) is 2.94. The molecule has 2 saturated heterocycles. The van der Waals surface area contributed by atoms with Gasteiger partial charge in [0.05, 0.1) is 11.0 Å². The fraction of sp³-hybridized carbons (Fsp3) is 0.667. The number of amides is 2. The molecule has 1 aromatic heterocycles. The molecule has 114 valence electrons. The smallest absolute Gasteiger partial charge is 0.273 e. The van der Waals surface area contributed by atoms with Gasteiger partial charge in [-0.25, -0.2) is 4.98 Å². The molecule has 5 nitrogen and oxygen atoms in total. The van der Waals surface area contributed by atoms with Crippen molar-refractivity contribution in [2.45, 2.75) is 38.6 Å². The second-order valence-corrected chi connectivity index (χ2v) is 7.04. The molecule has 2 amide bonds. The van der Waals surface area contributed by atoms with Crippen LogP contribution in [-0.2, 0) is 4.79 Å². The highest BCUT2D eigenvalue weighted by atomic mass is 32.1. The lowest BCUT2D eigenvalue weighted by atomic mass is 9.94. The molecular weight excluding hydrogens is 286 g/mol. The minimum Gasteiger partial charge on any atom is -0.335 e. The molecule has 2 aliphatic heterocycles. The van der Waals surface area contributed by atoms with Crippen molar-refractivity contribution in [3.8, 4) is 0 Å². The first-order valence-corrected chi connectivity index (χ1v) is 8.47. The lowest BCUT2D eigenvalue weighted by molar-refractivity contribution is -0.138. The zero-order valence-electron chi connectivity index (χ0n) is 12.5. The van der Waals surface area contributed by atoms with E-state index in [0.29, 0.717) is 12.2 Å². The quantitative estimate of drug-likeness (QED) is 0.840. The average Bonchev–Trinajstić information content (AvgIpc) is 3.19. The van der Waals surface area contributed by atoms with Crippen molar-refractivity contribution < 1.29 is 9.59 Å². The van der Waals surface area contributed by atoms with Gasteiger partial charge >= 0.3 is 0 Å². The van der Waals surface area contributed by atoms with Crippen LogP contribution in [0.15, 0.2) is 10.9 Å². The van der Waals surface area contributed by atoms with Gasteiger partial charge in [-0.2, -0.15) is 0 Å². The molecule has 1 aromatic rings. The molecule has 0 unspecified atom stereocenters. The van der Waals surface area contributed by atoms with Crippen LogP contribution in [0, 0.1) is 5.92 Å². The number of carbonyl (C=O) groups is 2. The predicted molar refractivity (Wildman–Crippen MR) is 81.2 cm³/mol. The van der Waals surface area contributed by atoms with Crippen LogP contribution < -0.4 is 0 Å². The van der Waals surface area contributed by atoms with E-state index in [1.165, 1.54) is 11.3 Å². The van der Waals surface area contributed by atoms with E-state index in [9.17, 15) is 9.59 Å². The van der Waals surface area contributed by atoms with E-state index in [1.54, 1.807) is 10.9 Å². The van der Waals surface area contributed by atoms with Crippen LogP contribution >= 0.6 is 11.3 Å². The largest absolute Gasteiger partial charge is 0.335 e. The van der Waals surface area contributed by atoms with Crippen molar-refractivity contribution in [2.24, 2.45) is 5.92 Å². The van der Waals surface area contributed by atoms with Crippen LogP contribution in [0.1, 0.15) is 43.6 Å². The number of nitrogens with zero attached hydrogens (tertiary/aromatic N) is 3. The fourth-order valence-electron chi connectivity index (χ4n) is 3.53. The van der Waals surface area contributed by atoms with Crippen LogP contribution in [-0.4, -0.2) is 51.8 Å². The third kappa shape index (κ3) is 2.46. The van der Waals surface area contributed by atoms with Crippen LogP contribution in [0.5, 0.6) is 0 Å². The van der Waals surface area contributed by atoms with Crippen LogP contribution in [0.2, 0.25) is 0 Å². The third-order valence-corrected chi connectivity index (χ3v) is 5.21. The van der Waals surface area contributed by atoms with Gasteiger partial charge in [0, 0.05) is 30.9 Å². The number of rotatable bonds is 2. The summed E-state index contributed by atoms with van der Waals surface area (Å²) >= 11 is 1.44. The second kappa shape index (κ2) is 5.40. The molecule has 2 fully saturated rings. The Morgan fingerprint density at radius 3 is 2.81 bits per heavy atom. The molecule has 1 spiro atoms. The summed E-state index contributed by atoms with van der Waals surface area (Å²) in [4.78, 5) is 32.8. The zero-order chi connectivity index (χ0) is 15.0.